The Labute approximate surface area is 105 Å². The Balaban J connectivity index is 1.40. The zero-order valence-corrected chi connectivity index (χ0v) is 11.2. The van der Waals surface area contributed by atoms with Gasteiger partial charge in [0.05, 0.1) is 0 Å². The summed E-state index contributed by atoms with van der Waals surface area (Å²) >= 11 is 0. The first-order valence-corrected chi connectivity index (χ1v) is 7.67. The van der Waals surface area contributed by atoms with Gasteiger partial charge in [0.15, 0.2) is 0 Å². The molecule has 1 aliphatic heterocycles. The molecule has 3 fully saturated rings. The van der Waals surface area contributed by atoms with E-state index >= 15 is 0 Å². The van der Waals surface area contributed by atoms with Crippen LogP contribution in [0.4, 0.5) is 0 Å². The van der Waals surface area contributed by atoms with Gasteiger partial charge in [-0.3, -0.25) is 0 Å². The van der Waals surface area contributed by atoms with Crippen LogP contribution >= 0.6 is 0 Å². The van der Waals surface area contributed by atoms with Gasteiger partial charge in [0.1, 0.15) is 0 Å². The van der Waals surface area contributed by atoms with Crippen molar-refractivity contribution >= 4 is 0 Å². The molecular weight excluding hydrogens is 206 g/mol. The SMILES string of the molecule is CC12CC1(C1=CCC(N3CCCCC3)CC1)C2. The van der Waals surface area contributed by atoms with Crippen molar-refractivity contribution in [1.29, 1.82) is 0 Å². The van der Waals surface area contributed by atoms with Crippen molar-refractivity contribution in [2.24, 2.45) is 10.8 Å². The number of hydrogen-bond donors (Lipinski definition) is 0. The molecule has 2 saturated carbocycles. The molecule has 4 rings (SSSR count). The second-order valence-corrected chi connectivity index (χ2v) is 7.25. The Bertz CT molecular complexity index is 356. The fourth-order valence-corrected chi connectivity index (χ4v) is 4.68. The van der Waals surface area contributed by atoms with Crippen LogP contribution in [0.15, 0.2) is 11.6 Å². The molecule has 0 bridgehead atoms. The minimum absolute atomic E-state index is 0.750. The summed E-state index contributed by atoms with van der Waals surface area (Å²) < 4.78 is 0. The van der Waals surface area contributed by atoms with Gasteiger partial charge in [-0.05, 0) is 68.9 Å². The third-order valence-electron chi connectivity index (χ3n) is 6.19. The number of likely N-dealkylation sites (tertiary alicyclic amines) is 1. The van der Waals surface area contributed by atoms with Crippen molar-refractivity contribution in [2.45, 2.75) is 64.3 Å². The summed E-state index contributed by atoms with van der Waals surface area (Å²) in [6.07, 6.45) is 14.2. The monoisotopic (exact) mass is 231 g/mol. The number of hydrogen-bond acceptors (Lipinski definition) is 1. The lowest BCUT2D eigenvalue weighted by atomic mass is 9.87. The van der Waals surface area contributed by atoms with E-state index < -0.39 is 0 Å². The molecule has 3 aliphatic carbocycles. The topological polar surface area (TPSA) is 3.24 Å². The van der Waals surface area contributed by atoms with Gasteiger partial charge < -0.3 is 4.90 Å². The molecule has 1 heterocycles. The van der Waals surface area contributed by atoms with Crippen LogP contribution in [0.3, 0.4) is 0 Å². The minimum atomic E-state index is 0.750. The van der Waals surface area contributed by atoms with Gasteiger partial charge in [-0.2, -0.15) is 0 Å². The van der Waals surface area contributed by atoms with Crippen LogP contribution in [0.25, 0.3) is 0 Å². The average molecular weight is 231 g/mol. The molecule has 1 unspecified atom stereocenters. The Morgan fingerprint density at radius 1 is 1.18 bits per heavy atom. The Morgan fingerprint density at radius 2 is 1.88 bits per heavy atom. The molecule has 0 aromatic rings. The molecule has 1 nitrogen and oxygen atoms in total. The van der Waals surface area contributed by atoms with Crippen LogP contribution in [-0.4, -0.2) is 24.0 Å². The van der Waals surface area contributed by atoms with Gasteiger partial charge in [0, 0.05) is 6.04 Å². The predicted octanol–water partition coefficient (Wildman–Crippen LogP) is 3.75. The highest BCUT2D eigenvalue weighted by atomic mass is 15.2. The molecule has 0 spiro atoms. The summed E-state index contributed by atoms with van der Waals surface area (Å²) in [5.74, 6) is 0. The molecule has 1 saturated heterocycles. The van der Waals surface area contributed by atoms with E-state index in [0.717, 1.165) is 16.9 Å². The number of nitrogens with zero attached hydrogens (tertiary/aromatic N) is 1. The van der Waals surface area contributed by atoms with Crippen LogP contribution in [-0.2, 0) is 0 Å². The predicted molar refractivity (Wildman–Crippen MR) is 70.9 cm³/mol. The van der Waals surface area contributed by atoms with Crippen molar-refractivity contribution < 1.29 is 0 Å². The highest BCUT2D eigenvalue weighted by Crippen LogP contribution is 2.89. The average Bonchev–Trinajstić information content (AvgIpc) is 3.16. The van der Waals surface area contributed by atoms with Gasteiger partial charge in [-0.15, -0.1) is 0 Å². The quantitative estimate of drug-likeness (QED) is 0.654. The number of allylic oxidation sites excluding steroid dienone is 1. The maximum atomic E-state index is 2.77. The molecule has 17 heavy (non-hydrogen) atoms. The second kappa shape index (κ2) is 3.38. The van der Waals surface area contributed by atoms with Crippen LogP contribution in [0, 0.1) is 10.8 Å². The van der Waals surface area contributed by atoms with Gasteiger partial charge >= 0.3 is 0 Å². The van der Waals surface area contributed by atoms with E-state index in [1.807, 2.05) is 5.57 Å². The summed E-state index contributed by atoms with van der Waals surface area (Å²) in [7, 11) is 0. The molecular formula is C16H25N. The maximum absolute atomic E-state index is 2.77. The zero-order chi connectivity index (χ0) is 11.5. The number of piperidine rings is 1. The van der Waals surface area contributed by atoms with Crippen LogP contribution in [0.5, 0.6) is 0 Å². The largest absolute Gasteiger partial charge is 0.300 e. The van der Waals surface area contributed by atoms with Gasteiger partial charge in [-0.1, -0.05) is 25.0 Å². The fraction of sp³-hybridized carbons (Fsp3) is 0.875. The van der Waals surface area contributed by atoms with Crippen LogP contribution < -0.4 is 0 Å². The Morgan fingerprint density at radius 3 is 2.41 bits per heavy atom. The van der Waals surface area contributed by atoms with E-state index in [9.17, 15) is 0 Å². The van der Waals surface area contributed by atoms with E-state index in [2.05, 4.69) is 17.9 Å². The van der Waals surface area contributed by atoms with Crippen molar-refractivity contribution in [3.05, 3.63) is 11.6 Å². The Hall–Kier alpha value is -0.300. The molecule has 0 N–H and O–H groups in total. The molecule has 0 amide bonds. The maximum Gasteiger partial charge on any atom is 0.0133 e. The summed E-state index contributed by atoms with van der Waals surface area (Å²) in [4.78, 5) is 2.77. The van der Waals surface area contributed by atoms with E-state index in [0.29, 0.717) is 0 Å². The van der Waals surface area contributed by atoms with Crippen LogP contribution in [0.1, 0.15) is 58.3 Å². The fourth-order valence-electron chi connectivity index (χ4n) is 4.68. The first-order valence-electron chi connectivity index (χ1n) is 7.67. The van der Waals surface area contributed by atoms with Crippen molar-refractivity contribution in [3.8, 4) is 0 Å². The van der Waals surface area contributed by atoms with Gasteiger partial charge in [0.25, 0.3) is 0 Å². The number of rotatable bonds is 2. The number of fused-ring (bicyclic) bond motifs is 1. The highest BCUT2D eigenvalue weighted by Gasteiger charge is 2.80. The summed E-state index contributed by atoms with van der Waals surface area (Å²) in [6, 6.07) is 0.888. The van der Waals surface area contributed by atoms with Crippen LogP contribution in [0.2, 0.25) is 0 Å². The third kappa shape index (κ3) is 1.47. The molecule has 94 valence electrons. The smallest absolute Gasteiger partial charge is 0.0133 e. The van der Waals surface area contributed by atoms with Crippen molar-refractivity contribution in [2.75, 3.05) is 13.1 Å². The molecule has 0 aromatic heterocycles. The van der Waals surface area contributed by atoms with Crippen molar-refractivity contribution in [3.63, 3.8) is 0 Å². The molecule has 4 aliphatic rings. The van der Waals surface area contributed by atoms with E-state index in [1.54, 1.807) is 0 Å². The summed E-state index contributed by atoms with van der Waals surface area (Å²) in [5, 5.41) is 0. The third-order valence-corrected chi connectivity index (χ3v) is 6.19. The van der Waals surface area contributed by atoms with Gasteiger partial charge in [-0.25, -0.2) is 0 Å². The summed E-state index contributed by atoms with van der Waals surface area (Å²) in [6.45, 7) is 5.23. The van der Waals surface area contributed by atoms with Gasteiger partial charge in [0.2, 0.25) is 0 Å². The molecule has 1 atom stereocenters. The molecule has 1 heteroatoms. The van der Waals surface area contributed by atoms with E-state index in [1.165, 1.54) is 64.5 Å². The summed E-state index contributed by atoms with van der Waals surface area (Å²) in [5.41, 5.74) is 3.38. The lowest BCUT2D eigenvalue weighted by Gasteiger charge is -2.36. The second-order valence-electron chi connectivity index (χ2n) is 7.25. The first kappa shape index (κ1) is 10.6. The van der Waals surface area contributed by atoms with E-state index in [4.69, 9.17) is 0 Å². The first-order chi connectivity index (χ1) is 8.24. The lowest BCUT2D eigenvalue weighted by molar-refractivity contribution is 0.151. The standard InChI is InChI=1S/C16H25N/c1-15-11-16(15,12-15)13-5-7-14(8-6-13)17-9-3-2-4-10-17/h5,14H,2-4,6-12H2,1H3. The molecule has 0 aromatic carbocycles. The molecule has 0 radical (unpaired) electrons. The normalized spacial score (nSPS) is 49.5. The van der Waals surface area contributed by atoms with E-state index in [-0.39, 0.29) is 0 Å². The van der Waals surface area contributed by atoms with Crippen molar-refractivity contribution in [1.82, 2.24) is 4.90 Å². The lowest BCUT2D eigenvalue weighted by Crippen LogP contribution is -2.40. The minimum Gasteiger partial charge on any atom is -0.300 e. The Kier molecular flexibility index (Phi) is 2.11. The highest BCUT2D eigenvalue weighted by molar-refractivity contribution is 5.43. The zero-order valence-electron chi connectivity index (χ0n) is 11.2.